The lowest BCUT2D eigenvalue weighted by Gasteiger charge is -2.32. The van der Waals surface area contributed by atoms with Crippen LogP contribution in [0.15, 0.2) is 58.4 Å². The fourth-order valence-electron chi connectivity index (χ4n) is 3.54. The van der Waals surface area contributed by atoms with Crippen LogP contribution in [0.5, 0.6) is 0 Å². The molecule has 0 radical (unpaired) electrons. The highest BCUT2D eigenvalue weighted by Crippen LogP contribution is 2.22. The maximum absolute atomic E-state index is 12.6. The van der Waals surface area contributed by atoms with Crippen molar-refractivity contribution < 1.29 is 9.21 Å². The van der Waals surface area contributed by atoms with E-state index < -0.39 is 0 Å². The van der Waals surface area contributed by atoms with Crippen molar-refractivity contribution in [2.24, 2.45) is 7.05 Å². The van der Waals surface area contributed by atoms with Crippen molar-refractivity contribution in [1.29, 1.82) is 0 Å². The van der Waals surface area contributed by atoms with Crippen LogP contribution in [0.1, 0.15) is 34.7 Å². The number of aryl methyl sites for hydroxylation is 1. The third-order valence-electron chi connectivity index (χ3n) is 5.25. The van der Waals surface area contributed by atoms with Gasteiger partial charge in [-0.15, -0.1) is 0 Å². The second-order valence-corrected chi connectivity index (χ2v) is 8.90. The molecule has 4 rings (SSSR count). The number of rotatable bonds is 7. The Kier molecular flexibility index (Phi) is 6.82. The summed E-state index contributed by atoms with van der Waals surface area (Å²) in [5.74, 6) is 1.64. The highest BCUT2D eigenvalue weighted by molar-refractivity contribution is 7.98. The van der Waals surface area contributed by atoms with Crippen LogP contribution < -0.4 is 5.32 Å². The molecule has 8 heteroatoms. The number of nitrogens with zero attached hydrogens (tertiary/aromatic N) is 3. The summed E-state index contributed by atoms with van der Waals surface area (Å²) in [7, 11) is 1.96. The Morgan fingerprint density at radius 1 is 1.23 bits per heavy atom. The van der Waals surface area contributed by atoms with E-state index in [1.807, 2.05) is 36.0 Å². The highest BCUT2D eigenvalue weighted by Gasteiger charge is 2.22. The Hall–Kier alpha value is -2.22. The van der Waals surface area contributed by atoms with E-state index in [1.165, 1.54) is 5.56 Å². The number of likely N-dealkylation sites (tertiary alicyclic amines) is 1. The fourth-order valence-corrected chi connectivity index (χ4v) is 4.50. The molecule has 0 aliphatic carbocycles. The van der Waals surface area contributed by atoms with E-state index in [-0.39, 0.29) is 11.9 Å². The SMILES string of the molecule is Cn1ccnc1SCc1ccc(C(=O)NC2CCN(Cc3ccc(Cl)cc3)CC2)o1. The smallest absolute Gasteiger partial charge is 0.287 e. The summed E-state index contributed by atoms with van der Waals surface area (Å²) in [5, 5.41) is 4.80. The van der Waals surface area contributed by atoms with Gasteiger partial charge in [0.15, 0.2) is 10.9 Å². The molecule has 1 aliphatic heterocycles. The van der Waals surface area contributed by atoms with Crippen LogP contribution in [0.3, 0.4) is 0 Å². The van der Waals surface area contributed by atoms with E-state index in [9.17, 15) is 4.79 Å². The van der Waals surface area contributed by atoms with Crippen molar-refractivity contribution in [3.05, 3.63) is 70.9 Å². The van der Waals surface area contributed by atoms with Gasteiger partial charge in [-0.05, 0) is 42.7 Å². The van der Waals surface area contributed by atoms with Crippen LogP contribution in [-0.2, 0) is 19.3 Å². The first-order valence-corrected chi connectivity index (χ1v) is 11.4. The molecule has 3 heterocycles. The van der Waals surface area contributed by atoms with Gasteiger partial charge in [0.05, 0.1) is 5.75 Å². The topological polar surface area (TPSA) is 63.3 Å². The lowest BCUT2D eigenvalue weighted by Crippen LogP contribution is -2.44. The molecule has 1 N–H and O–H groups in total. The van der Waals surface area contributed by atoms with Crippen LogP contribution in [0, 0.1) is 0 Å². The number of halogens is 1. The van der Waals surface area contributed by atoms with E-state index in [2.05, 4.69) is 27.3 Å². The third kappa shape index (κ3) is 5.47. The van der Waals surface area contributed by atoms with Gasteiger partial charge in [0.1, 0.15) is 5.76 Å². The molecule has 1 saturated heterocycles. The number of aromatic nitrogens is 2. The van der Waals surface area contributed by atoms with Crippen molar-refractivity contribution in [3.8, 4) is 0 Å². The number of piperidine rings is 1. The molecule has 1 amide bonds. The van der Waals surface area contributed by atoms with Crippen molar-refractivity contribution in [2.75, 3.05) is 13.1 Å². The minimum absolute atomic E-state index is 0.139. The summed E-state index contributed by atoms with van der Waals surface area (Å²) in [4.78, 5) is 19.3. The van der Waals surface area contributed by atoms with Crippen molar-refractivity contribution in [1.82, 2.24) is 19.8 Å². The molecular formula is C22H25ClN4O2S. The predicted octanol–water partition coefficient (Wildman–Crippen LogP) is 4.35. The number of hydrogen-bond donors (Lipinski definition) is 1. The van der Waals surface area contributed by atoms with Gasteiger partial charge >= 0.3 is 0 Å². The molecule has 0 saturated carbocycles. The van der Waals surface area contributed by atoms with Crippen LogP contribution in [-0.4, -0.2) is 39.5 Å². The highest BCUT2D eigenvalue weighted by atomic mass is 35.5. The van der Waals surface area contributed by atoms with Gasteiger partial charge in [0, 0.05) is 50.1 Å². The number of amides is 1. The largest absolute Gasteiger partial charge is 0.455 e. The molecule has 3 aromatic rings. The zero-order chi connectivity index (χ0) is 20.9. The predicted molar refractivity (Wildman–Crippen MR) is 119 cm³/mol. The summed E-state index contributed by atoms with van der Waals surface area (Å²) >= 11 is 7.54. The van der Waals surface area contributed by atoms with Gasteiger partial charge in [-0.3, -0.25) is 9.69 Å². The van der Waals surface area contributed by atoms with E-state index in [4.69, 9.17) is 16.0 Å². The zero-order valence-electron chi connectivity index (χ0n) is 16.9. The Morgan fingerprint density at radius 2 is 2.00 bits per heavy atom. The second kappa shape index (κ2) is 9.73. The van der Waals surface area contributed by atoms with E-state index in [0.29, 0.717) is 11.5 Å². The van der Waals surface area contributed by atoms with E-state index in [0.717, 1.165) is 48.4 Å². The summed E-state index contributed by atoms with van der Waals surface area (Å²) in [6.07, 6.45) is 5.54. The maximum Gasteiger partial charge on any atom is 0.287 e. The normalized spacial score (nSPS) is 15.4. The number of imidazole rings is 1. The van der Waals surface area contributed by atoms with Crippen molar-refractivity contribution in [3.63, 3.8) is 0 Å². The fraction of sp³-hybridized carbons (Fsp3) is 0.364. The molecule has 0 spiro atoms. The Bertz CT molecular complexity index is 977. The van der Waals surface area contributed by atoms with Crippen LogP contribution in [0.25, 0.3) is 0 Å². The molecule has 1 aromatic carbocycles. The monoisotopic (exact) mass is 444 g/mol. The average molecular weight is 445 g/mol. The molecule has 2 aromatic heterocycles. The third-order valence-corrected chi connectivity index (χ3v) is 6.58. The van der Waals surface area contributed by atoms with Crippen LogP contribution in [0.4, 0.5) is 0 Å². The molecule has 30 heavy (non-hydrogen) atoms. The van der Waals surface area contributed by atoms with Crippen LogP contribution >= 0.6 is 23.4 Å². The Balaban J connectivity index is 1.22. The van der Waals surface area contributed by atoms with Gasteiger partial charge in [0.2, 0.25) is 0 Å². The van der Waals surface area contributed by atoms with Gasteiger partial charge in [-0.2, -0.15) is 0 Å². The first kappa shape index (κ1) is 21.0. The van der Waals surface area contributed by atoms with Gasteiger partial charge in [-0.1, -0.05) is 35.5 Å². The van der Waals surface area contributed by atoms with Gasteiger partial charge in [0.25, 0.3) is 5.91 Å². The number of carbonyl (C=O) groups is 1. The molecule has 1 aliphatic rings. The molecule has 6 nitrogen and oxygen atoms in total. The number of thioether (sulfide) groups is 1. The Labute approximate surface area is 185 Å². The van der Waals surface area contributed by atoms with Crippen LogP contribution in [0.2, 0.25) is 5.02 Å². The molecule has 1 fully saturated rings. The van der Waals surface area contributed by atoms with E-state index in [1.54, 1.807) is 24.0 Å². The van der Waals surface area contributed by atoms with Crippen molar-refractivity contribution in [2.45, 2.75) is 36.3 Å². The number of benzene rings is 1. The lowest BCUT2D eigenvalue weighted by atomic mass is 10.0. The Morgan fingerprint density at radius 3 is 2.70 bits per heavy atom. The number of nitrogens with one attached hydrogen (secondary N) is 1. The minimum atomic E-state index is -0.139. The zero-order valence-corrected chi connectivity index (χ0v) is 18.5. The molecule has 0 atom stereocenters. The lowest BCUT2D eigenvalue weighted by molar-refractivity contribution is 0.0879. The molecule has 158 valence electrons. The standard InChI is InChI=1S/C22H25ClN4O2S/c1-26-13-10-24-22(26)30-15-19-6-7-20(29-19)21(28)25-18-8-11-27(12-9-18)14-16-2-4-17(23)5-3-16/h2-7,10,13,18H,8-9,11-12,14-15H2,1H3,(H,25,28). The minimum Gasteiger partial charge on any atom is -0.455 e. The first-order valence-electron chi connectivity index (χ1n) is 10.0. The number of hydrogen-bond acceptors (Lipinski definition) is 5. The average Bonchev–Trinajstić information content (AvgIpc) is 3.38. The molecular weight excluding hydrogens is 420 g/mol. The van der Waals surface area contributed by atoms with E-state index >= 15 is 0 Å². The summed E-state index contributed by atoms with van der Waals surface area (Å²) in [5.41, 5.74) is 1.26. The van der Waals surface area contributed by atoms with Gasteiger partial charge < -0.3 is 14.3 Å². The van der Waals surface area contributed by atoms with Gasteiger partial charge in [-0.25, -0.2) is 4.98 Å². The number of carbonyl (C=O) groups excluding carboxylic acids is 1. The molecule has 0 bridgehead atoms. The summed E-state index contributed by atoms with van der Waals surface area (Å²) in [6, 6.07) is 11.8. The molecule has 0 unspecified atom stereocenters. The second-order valence-electron chi connectivity index (χ2n) is 7.53. The first-order chi connectivity index (χ1) is 14.6. The maximum atomic E-state index is 12.6. The summed E-state index contributed by atoms with van der Waals surface area (Å²) < 4.78 is 7.70. The van der Waals surface area contributed by atoms with Crippen molar-refractivity contribution >= 4 is 29.3 Å². The summed E-state index contributed by atoms with van der Waals surface area (Å²) in [6.45, 7) is 2.82. The quantitative estimate of drug-likeness (QED) is 0.549. The number of furan rings is 1.